The van der Waals surface area contributed by atoms with Gasteiger partial charge in [-0.3, -0.25) is 0 Å². The lowest BCUT2D eigenvalue weighted by molar-refractivity contribution is 0.320. The fourth-order valence-corrected chi connectivity index (χ4v) is 2.22. The van der Waals surface area contributed by atoms with Crippen molar-refractivity contribution in [2.45, 2.75) is 33.6 Å². The van der Waals surface area contributed by atoms with Gasteiger partial charge in [0.1, 0.15) is 11.3 Å². The van der Waals surface area contributed by atoms with Crippen LogP contribution in [0.15, 0.2) is 18.2 Å². The zero-order chi connectivity index (χ0) is 13.1. The Hall–Kier alpha value is -1.77. The Morgan fingerprint density at radius 3 is 2.72 bits per heavy atom. The number of fused-ring (bicyclic) bond motifs is 1. The zero-order valence-corrected chi connectivity index (χ0v) is 11.3. The lowest BCUT2D eigenvalue weighted by Crippen LogP contribution is -2.03. The van der Waals surface area contributed by atoms with Gasteiger partial charge in [0.25, 0.3) is 0 Å². The minimum Gasteiger partial charge on any atom is -0.491 e. The molecule has 18 heavy (non-hydrogen) atoms. The van der Waals surface area contributed by atoms with Crippen LogP contribution >= 0.6 is 0 Å². The molecule has 0 amide bonds. The first-order valence-electron chi connectivity index (χ1n) is 6.49. The number of nitrogen functional groups attached to an aromatic ring is 1. The second kappa shape index (κ2) is 5.25. The van der Waals surface area contributed by atoms with Crippen molar-refractivity contribution in [3.8, 4) is 5.75 Å². The molecule has 0 saturated heterocycles. The molecule has 0 unspecified atom stereocenters. The highest BCUT2D eigenvalue weighted by molar-refractivity contribution is 5.95. The van der Waals surface area contributed by atoms with Crippen molar-refractivity contribution in [2.24, 2.45) is 0 Å². The number of para-hydroxylation sites is 1. The number of rotatable bonds is 4. The fraction of sp³-hybridized carbons (Fsp3) is 0.400. The Morgan fingerprint density at radius 1 is 1.28 bits per heavy atom. The summed E-state index contributed by atoms with van der Waals surface area (Å²) in [7, 11) is 0. The second-order valence-electron chi connectivity index (χ2n) is 4.44. The molecule has 2 rings (SSSR count). The van der Waals surface area contributed by atoms with Crippen molar-refractivity contribution in [1.29, 1.82) is 0 Å². The van der Waals surface area contributed by atoms with E-state index in [1.54, 1.807) is 0 Å². The minimum absolute atomic E-state index is 0.704. The Kier molecular flexibility index (Phi) is 3.70. The third-order valence-electron chi connectivity index (χ3n) is 3.15. The third kappa shape index (κ3) is 2.13. The van der Waals surface area contributed by atoms with Crippen molar-refractivity contribution in [3.05, 3.63) is 29.5 Å². The molecular weight excluding hydrogens is 224 g/mol. The number of aromatic nitrogens is 1. The Bertz CT molecular complexity index is 564. The lowest BCUT2D eigenvalue weighted by Gasteiger charge is -2.13. The topological polar surface area (TPSA) is 48.1 Å². The van der Waals surface area contributed by atoms with Crippen LogP contribution in [0.3, 0.4) is 0 Å². The molecule has 0 saturated carbocycles. The number of pyridine rings is 1. The Labute approximate surface area is 108 Å². The van der Waals surface area contributed by atoms with E-state index in [2.05, 4.69) is 18.8 Å². The first kappa shape index (κ1) is 12.7. The van der Waals surface area contributed by atoms with Crippen molar-refractivity contribution >= 4 is 16.6 Å². The summed E-state index contributed by atoms with van der Waals surface area (Å²) in [5.41, 5.74) is 10.1. The van der Waals surface area contributed by atoms with E-state index < -0.39 is 0 Å². The van der Waals surface area contributed by atoms with Gasteiger partial charge in [0.05, 0.1) is 6.61 Å². The molecule has 2 N–H and O–H groups in total. The standard InChI is InChI=1S/C15H20N2O/c1-4-9-18-13-8-6-7-12-14(16)11(5-2)10(3)17-15(12)13/h6-8H,4-5,9H2,1-3H3,(H2,16,17). The Balaban J connectivity index is 2.63. The molecule has 0 radical (unpaired) electrons. The number of anilines is 1. The Morgan fingerprint density at radius 2 is 2.06 bits per heavy atom. The zero-order valence-electron chi connectivity index (χ0n) is 11.3. The third-order valence-corrected chi connectivity index (χ3v) is 3.15. The van der Waals surface area contributed by atoms with Crippen LogP contribution in [0, 0.1) is 6.92 Å². The van der Waals surface area contributed by atoms with Gasteiger partial charge in [-0.25, -0.2) is 4.98 Å². The van der Waals surface area contributed by atoms with Crippen LogP contribution in [0.5, 0.6) is 5.75 Å². The molecule has 96 valence electrons. The number of aryl methyl sites for hydroxylation is 1. The van der Waals surface area contributed by atoms with Crippen LogP contribution in [0.1, 0.15) is 31.5 Å². The molecule has 0 atom stereocenters. The van der Waals surface area contributed by atoms with E-state index >= 15 is 0 Å². The maximum Gasteiger partial charge on any atom is 0.145 e. The van der Waals surface area contributed by atoms with Crippen LogP contribution in [0.4, 0.5) is 5.69 Å². The number of benzene rings is 1. The van der Waals surface area contributed by atoms with Gasteiger partial charge in [0.2, 0.25) is 0 Å². The molecule has 0 bridgehead atoms. The summed E-state index contributed by atoms with van der Waals surface area (Å²) in [5, 5.41) is 0.992. The van der Waals surface area contributed by atoms with Gasteiger partial charge in [0.15, 0.2) is 0 Å². The highest BCUT2D eigenvalue weighted by Gasteiger charge is 2.11. The van der Waals surface area contributed by atoms with Gasteiger partial charge in [0, 0.05) is 16.8 Å². The summed E-state index contributed by atoms with van der Waals surface area (Å²) < 4.78 is 5.73. The molecule has 0 aliphatic heterocycles. The molecular formula is C15H20N2O. The van der Waals surface area contributed by atoms with E-state index in [4.69, 9.17) is 10.5 Å². The first-order valence-corrected chi connectivity index (χ1v) is 6.49. The van der Waals surface area contributed by atoms with E-state index in [1.165, 1.54) is 0 Å². The maximum atomic E-state index is 6.23. The molecule has 3 nitrogen and oxygen atoms in total. The number of ether oxygens (including phenoxy) is 1. The first-order chi connectivity index (χ1) is 8.69. The van der Waals surface area contributed by atoms with Crippen LogP contribution < -0.4 is 10.5 Å². The minimum atomic E-state index is 0.704. The summed E-state index contributed by atoms with van der Waals surface area (Å²) in [6, 6.07) is 5.94. The SMILES string of the molecule is CCCOc1cccc2c(N)c(CC)c(C)nc12. The normalized spacial score (nSPS) is 10.8. The van der Waals surface area contributed by atoms with Gasteiger partial charge in [-0.15, -0.1) is 0 Å². The van der Waals surface area contributed by atoms with E-state index in [0.29, 0.717) is 6.61 Å². The monoisotopic (exact) mass is 244 g/mol. The van der Waals surface area contributed by atoms with E-state index in [-0.39, 0.29) is 0 Å². The molecule has 0 aliphatic rings. The second-order valence-corrected chi connectivity index (χ2v) is 4.44. The number of hydrogen-bond acceptors (Lipinski definition) is 3. The number of nitrogens with zero attached hydrogens (tertiary/aromatic N) is 1. The average Bonchev–Trinajstić information content (AvgIpc) is 2.37. The summed E-state index contributed by atoms with van der Waals surface area (Å²) in [6.07, 6.45) is 1.89. The smallest absolute Gasteiger partial charge is 0.145 e. The summed E-state index contributed by atoms with van der Waals surface area (Å²) in [4.78, 5) is 4.66. The van der Waals surface area contributed by atoms with Gasteiger partial charge >= 0.3 is 0 Å². The average molecular weight is 244 g/mol. The van der Waals surface area contributed by atoms with E-state index in [1.807, 2.05) is 25.1 Å². The molecule has 1 aromatic carbocycles. The van der Waals surface area contributed by atoms with Crippen LogP contribution in [0.2, 0.25) is 0 Å². The van der Waals surface area contributed by atoms with Gasteiger partial charge < -0.3 is 10.5 Å². The molecule has 1 aromatic heterocycles. The van der Waals surface area contributed by atoms with Crippen molar-refractivity contribution in [1.82, 2.24) is 4.98 Å². The maximum absolute atomic E-state index is 6.23. The largest absolute Gasteiger partial charge is 0.491 e. The van der Waals surface area contributed by atoms with Crippen molar-refractivity contribution in [2.75, 3.05) is 12.3 Å². The summed E-state index contributed by atoms with van der Waals surface area (Å²) >= 11 is 0. The highest BCUT2D eigenvalue weighted by atomic mass is 16.5. The summed E-state index contributed by atoms with van der Waals surface area (Å²) in [6.45, 7) is 6.90. The number of hydrogen-bond donors (Lipinski definition) is 1. The quantitative estimate of drug-likeness (QED) is 0.895. The van der Waals surface area contributed by atoms with Crippen molar-refractivity contribution in [3.63, 3.8) is 0 Å². The van der Waals surface area contributed by atoms with Gasteiger partial charge in [-0.05, 0) is 31.4 Å². The molecule has 1 heterocycles. The molecule has 0 fully saturated rings. The van der Waals surface area contributed by atoms with Crippen LogP contribution in [0.25, 0.3) is 10.9 Å². The van der Waals surface area contributed by atoms with Crippen LogP contribution in [-0.4, -0.2) is 11.6 Å². The molecule has 2 aromatic rings. The summed E-state index contributed by atoms with van der Waals surface area (Å²) in [5.74, 6) is 0.826. The van der Waals surface area contributed by atoms with Crippen LogP contribution in [-0.2, 0) is 6.42 Å². The van der Waals surface area contributed by atoms with Gasteiger partial charge in [-0.2, -0.15) is 0 Å². The van der Waals surface area contributed by atoms with Gasteiger partial charge in [-0.1, -0.05) is 26.0 Å². The number of nitrogens with two attached hydrogens (primary N) is 1. The van der Waals surface area contributed by atoms with E-state index in [0.717, 1.165) is 46.4 Å². The predicted octanol–water partition coefficient (Wildman–Crippen LogP) is 3.48. The highest BCUT2D eigenvalue weighted by Crippen LogP contribution is 2.31. The fourth-order valence-electron chi connectivity index (χ4n) is 2.22. The predicted molar refractivity (Wildman–Crippen MR) is 76.1 cm³/mol. The van der Waals surface area contributed by atoms with Crippen molar-refractivity contribution < 1.29 is 4.74 Å². The molecule has 0 spiro atoms. The van der Waals surface area contributed by atoms with E-state index in [9.17, 15) is 0 Å². The molecule has 0 aliphatic carbocycles. The molecule has 3 heteroatoms. The lowest BCUT2D eigenvalue weighted by atomic mass is 10.0.